The molecule has 3 N–H and O–H groups in total. The maximum absolute atomic E-state index is 9.77. The second-order valence-corrected chi connectivity index (χ2v) is 6.14. The first-order valence-corrected chi connectivity index (χ1v) is 7.24. The molecule has 1 fully saturated rings. The van der Waals surface area contributed by atoms with E-state index in [2.05, 4.69) is 18.7 Å². The summed E-state index contributed by atoms with van der Waals surface area (Å²) in [4.78, 5) is 2.43. The van der Waals surface area contributed by atoms with E-state index in [4.69, 9.17) is 5.73 Å². The van der Waals surface area contributed by atoms with Gasteiger partial charge in [-0.25, -0.2) is 0 Å². The van der Waals surface area contributed by atoms with Gasteiger partial charge in [0.15, 0.2) is 0 Å². The molecule has 3 nitrogen and oxygen atoms in total. The Labute approximate surface area is 116 Å². The Bertz CT molecular complexity index is 395. The quantitative estimate of drug-likeness (QED) is 0.872. The second kappa shape index (κ2) is 6.04. The molecular formula is C16H26N2O. The van der Waals surface area contributed by atoms with Crippen molar-refractivity contribution in [3.8, 4) is 0 Å². The molecule has 1 aromatic carbocycles. The summed E-state index contributed by atoms with van der Waals surface area (Å²) >= 11 is 0. The predicted octanol–water partition coefficient (Wildman–Crippen LogP) is 1.95. The maximum atomic E-state index is 9.77. The highest BCUT2D eigenvalue weighted by molar-refractivity contribution is 5.24. The molecule has 19 heavy (non-hydrogen) atoms. The van der Waals surface area contributed by atoms with Crippen LogP contribution in [-0.4, -0.2) is 35.7 Å². The Morgan fingerprint density at radius 2 is 1.95 bits per heavy atom. The minimum atomic E-state index is -0.660. The van der Waals surface area contributed by atoms with Crippen molar-refractivity contribution in [2.45, 2.75) is 38.3 Å². The van der Waals surface area contributed by atoms with E-state index in [9.17, 15) is 5.11 Å². The van der Waals surface area contributed by atoms with Crippen molar-refractivity contribution in [3.05, 3.63) is 35.9 Å². The molecule has 0 aliphatic carbocycles. The molecule has 0 bridgehead atoms. The van der Waals surface area contributed by atoms with Crippen LogP contribution in [0, 0.1) is 5.92 Å². The number of nitrogens with two attached hydrogens (primary N) is 1. The number of aliphatic hydroxyl groups is 1. The highest BCUT2D eigenvalue weighted by atomic mass is 16.3. The van der Waals surface area contributed by atoms with Gasteiger partial charge >= 0.3 is 0 Å². The average Bonchev–Trinajstić information content (AvgIpc) is 2.44. The van der Waals surface area contributed by atoms with Crippen LogP contribution in [0.1, 0.15) is 32.3 Å². The molecule has 0 amide bonds. The van der Waals surface area contributed by atoms with Crippen LogP contribution in [0.15, 0.2) is 30.3 Å². The molecule has 3 unspecified atom stereocenters. The molecule has 1 aromatic rings. The fourth-order valence-corrected chi connectivity index (χ4v) is 2.97. The minimum absolute atomic E-state index is 0.0192. The molecule has 1 aliphatic heterocycles. The van der Waals surface area contributed by atoms with Gasteiger partial charge in [0.2, 0.25) is 0 Å². The molecule has 0 radical (unpaired) electrons. The molecule has 3 heteroatoms. The third-order valence-corrected chi connectivity index (χ3v) is 4.36. The van der Waals surface area contributed by atoms with Crippen molar-refractivity contribution in [3.63, 3.8) is 0 Å². The van der Waals surface area contributed by atoms with Crippen LogP contribution in [0.3, 0.4) is 0 Å². The predicted molar refractivity (Wildman–Crippen MR) is 78.8 cm³/mol. The van der Waals surface area contributed by atoms with E-state index in [0.717, 1.165) is 24.6 Å². The Balaban J connectivity index is 2.14. The molecule has 2 rings (SSSR count). The lowest BCUT2D eigenvalue weighted by atomic mass is 9.88. The second-order valence-electron chi connectivity index (χ2n) is 6.14. The molecule has 0 aromatic heterocycles. The highest BCUT2D eigenvalue weighted by Crippen LogP contribution is 2.26. The van der Waals surface area contributed by atoms with E-state index in [-0.39, 0.29) is 6.61 Å². The molecule has 1 aliphatic rings. The van der Waals surface area contributed by atoms with Crippen LogP contribution < -0.4 is 5.73 Å². The SMILES string of the molecule is CC1CCC(C)N(CC(N)(CO)c2ccccc2)C1. The van der Waals surface area contributed by atoms with Gasteiger partial charge in [0.1, 0.15) is 0 Å². The van der Waals surface area contributed by atoms with Gasteiger partial charge in [-0.3, -0.25) is 4.90 Å². The Kier molecular flexibility index (Phi) is 4.61. The topological polar surface area (TPSA) is 49.5 Å². The summed E-state index contributed by atoms with van der Waals surface area (Å²) < 4.78 is 0. The first kappa shape index (κ1) is 14.5. The summed E-state index contributed by atoms with van der Waals surface area (Å²) in [5.41, 5.74) is 6.82. The zero-order valence-corrected chi connectivity index (χ0v) is 12.0. The van der Waals surface area contributed by atoms with E-state index >= 15 is 0 Å². The molecular weight excluding hydrogens is 236 g/mol. The van der Waals surface area contributed by atoms with Gasteiger partial charge in [0, 0.05) is 19.1 Å². The van der Waals surface area contributed by atoms with Gasteiger partial charge in [0.05, 0.1) is 12.1 Å². The zero-order chi connectivity index (χ0) is 13.9. The first-order valence-electron chi connectivity index (χ1n) is 7.24. The normalized spacial score (nSPS) is 28.0. The lowest BCUT2D eigenvalue weighted by Crippen LogP contribution is -2.54. The van der Waals surface area contributed by atoms with Crippen molar-refractivity contribution in [1.82, 2.24) is 4.90 Å². The number of rotatable bonds is 4. The van der Waals surface area contributed by atoms with Gasteiger partial charge in [-0.05, 0) is 31.2 Å². The molecule has 0 saturated carbocycles. The molecule has 106 valence electrons. The van der Waals surface area contributed by atoms with Crippen molar-refractivity contribution < 1.29 is 5.11 Å². The molecule has 0 spiro atoms. The van der Waals surface area contributed by atoms with Crippen LogP contribution in [0.5, 0.6) is 0 Å². The smallest absolute Gasteiger partial charge is 0.0773 e. The summed E-state index contributed by atoms with van der Waals surface area (Å²) in [6.07, 6.45) is 2.51. The van der Waals surface area contributed by atoms with Crippen molar-refractivity contribution >= 4 is 0 Å². The fourth-order valence-electron chi connectivity index (χ4n) is 2.97. The van der Waals surface area contributed by atoms with Crippen LogP contribution >= 0.6 is 0 Å². The molecule has 1 saturated heterocycles. The minimum Gasteiger partial charge on any atom is -0.394 e. The summed E-state index contributed by atoms with van der Waals surface area (Å²) in [7, 11) is 0. The Morgan fingerprint density at radius 1 is 1.26 bits per heavy atom. The molecule has 1 heterocycles. The van der Waals surface area contributed by atoms with Crippen LogP contribution in [0.25, 0.3) is 0 Å². The third kappa shape index (κ3) is 3.35. The van der Waals surface area contributed by atoms with Gasteiger partial charge in [-0.1, -0.05) is 37.3 Å². The van der Waals surface area contributed by atoms with E-state index in [1.165, 1.54) is 12.8 Å². The lowest BCUT2D eigenvalue weighted by molar-refractivity contribution is 0.0712. The first-order chi connectivity index (χ1) is 9.05. The fraction of sp³-hybridized carbons (Fsp3) is 0.625. The number of hydrogen-bond acceptors (Lipinski definition) is 3. The van der Waals surface area contributed by atoms with E-state index < -0.39 is 5.54 Å². The zero-order valence-electron chi connectivity index (χ0n) is 12.0. The lowest BCUT2D eigenvalue weighted by Gasteiger charge is -2.42. The van der Waals surface area contributed by atoms with E-state index in [1.807, 2.05) is 30.3 Å². The summed E-state index contributed by atoms with van der Waals surface area (Å²) in [6, 6.07) is 10.5. The van der Waals surface area contributed by atoms with Crippen molar-refractivity contribution in [2.75, 3.05) is 19.7 Å². The number of piperidine rings is 1. The largest absolute Gasteiger partial charge is 0.394 e. The van der Waals surface area contributed by atoms with Crippen LogP contribution in [0.2, 0.25) is 0 Å². The van der Waals surface area contributed by atoms with Crippen LogP contribution in [-0.2, 0) is 5.54 Å². The van der Waals surface area contributed by atoms with Gasteiger partial charge in [0.25, 0.3) is 0 Å². The van der Waals surface area contributed by atoms with E-state index in [1.54, 1.807) is 0 Å². The van der Waals surface area contributed by atoms with Crippen LogP contribution in [0.4, 0.5) is 0 Å². The Hall–Kier alpha value is -0.900. The van der Waals surface area contributed by atoms with Gasteiger partial charge < -0.3 is 10.8 Å². The third-order valence-electron chi connectivity index (χ3n) is 4.36. The average molecular weight is 262 g/mol. The van der Waals surface area contributed by atoms with E-state index in [0.29, 0.717) is 6.04 Å². The maximum Gasteiger partial charge on any atom is 0.0773 e. The highest BCUT2D eigenvalue weighted by Gasteiger charge is 2.33. The Morgan fingerprint density at radius 3 is 2.58 bits per heavy atom. The van der Waals surface area contributed by atoms with Crippen molar-refractivity contribution in [2.24, 2.45) is 11.7 Å². The summed E-state index contributed by atoms with van der Waals surface area (Å²) in [6.45, 7) is 6.33. The molecule has 3 atom stereocenters. The number of likely N-dealkylation sites (tertiary alicyclic amines) is 1. The van der Waals surface area contributed by atoms with Crippen molar-refractivity contribution in [1.29, 1.82) is 0 Å². The van der Waals surface area contributed by atoms with Gasteiger partial charge in [-0.2, -0.15) is 0 Å². The number of nitrogens with zero attached hydrogens (tertiary/aromatic N) is 1. The monoisotopic (exact) mass is 262 g/mol. The number of benzene rings is 1. The standard InChI is InChI=1S/C16H26N2O/c1-13-8-9-14(2)18(10-13)11-16(17,12-19)15-6-4-3-5-7-15/h3-7,13-14,19H,8-12,17H2,1-2H3. The van der Waals surface area contributed by atoms with Gasteiger partial charge in [-0.15, -0.1) is 0 Å². The number of hydrogen-bond donors (Lipinski definition) is 2. The number of aliphatic hydroxyl groups excluding tert-OH is 1. The summed E-state index contributed by atoms with van der Waals surface area (Å²) in [5, 5.41) is 9.77. The summed E-state index contributed by atoms with van der Waals surface area (Å²) in [5.74, 6) is 0.718.